The summed E-state index contributed by atoms with van der Waals surface area (Å²) in [6.45, 7) is 2.30. The Bertz CT molecular complexity index is 782. The molecule has 4 rings (SSSR count). The minimum Gasteiger partial charge on any atom is -0.391 e. The molecule has 0 spiro atoms. The van der Waals surface area contributed by atoms with Crippen LogP contribution in [-0.4, -0.2) is 58.3 Å². The number of carbonyl (C=O) groups excluding carboxylic acids is 1. The number of hydrogen-bond acceptors (Lipinski definition) is 4. The molecule has 1 fully saturated rings. The predicted octanol–water partition coefficient (Wildman–Crippen LogP) is 1.16. The second kappa shape index (κ2) is 5.23. The van der Waals surface area contributed by atoms with Gasteiger partial charge in [0, 0.05) is 51.2 Å². The van der Waals surface area contributed by atoms with Crippen LogP contribution >= 0.6 is 0 Å². The Morgan fingerprint density at radius 3 is 2.87 bits per heavy atom. The number of fused-ring (bicyclic) bond motifs is 3. The normalized spacial score (nSPS) is 21.9. The van der Waals surface area contributed by atoms with Crippen molar-refractivity contribution >= 4 is 22.8 Å². The average molecular weight is 314 g/mol. The Hall–Kier alpha value is -2.08. The highest BCUT2D eigenvalue weighted by Crippen LogP contribution is 2.30. The van der Waals surface area contributed by atoms with Crippen LogP contribution in [0, 0.1) is 0 Å². The number of aliphatic hydroxyl groups is 1. The minimum atomic E-state index is -0.280. The van der Waals surface area contributed by atoms with Crippen molar-refractivity contribution in [2.75, 3.05) is 31.6 Å². The summed E-state index contributed by atoms with van der Waals surface area (Å²) in [6, 6.07) is 3.98. The van der Waals surface area contributed by atoms with Crippen LogP contribution in [0.4, 0.5) is 5.82 Å². The van der Waals surface area contributed by atoms with Crippen molar-refractivity contribution in [2.45, 2.75) is 25.4 Å². The molecule has 2 aliphatic heterocycles. The highest BCUT2D eigenvalue weighted by atomic mass is 16.3. The quantitative estimate of drug-likeness (QED) is 0.858. The molecule has 6 nitrogen and oxygen atoms in total. The SMILES string of the molecule is CN1CCc2c(c3ccc(N4CCCC(O)C4)nc3n2C)C1=O. The zero-order valence-electron chi connectivity index (χ0n) is 13.6. The molecule has 4 heterocycles. The van der Waals surface area contributed by atoms with Crippen LogP contribution < -0.4 is 4.90 Å². The van der Waals surface area contributed by atoms with Gasteiger partial charge in [0.2, 0.25) is 0 Å². The minimum absolute atomic E-state index is 0.0831. The summed E-state index contributed by atoms with van der Waals surface area (Å²) >= 11 is 0. The zero-order chi connectivity index (χ0) is 16.1. The lowest BCUT2D eigenvalue weighted by atomic mass is 10.0. The van der Waals surface area contributed by atoms with Crippen molar-refractivity contribution in [1.82, 2.24) is 14.5 Å². The van der Waals surface area contributed by atoms with Crippen molar-refractivity contribution in [1.29, 1.82) is 0 Å². The molecule has 0 aliphatic carbocycles. The van der Waals surface area contributed by atoms with Crippen LogP contribution in [0.25, 0.3) is 11.0 Å². The van der Waals surface area contributed by atoms with Crippen molar-refractivity contribution < 1.29 is 9.90 Å². The number of rotatable bonds is 1. The van der Waals surface area contributed by atoms with Gasteiger partial charge in [-0.2, -0.15) is 0 Å². The molecule has 2 aliphatic rings. The molecular formula is C17H22N4O2. The average Bonchev–Trinajstić information content (AvgIpc) is 2.84. The van der Waals surface area contributed by atoms with Crippen molar-refractivity contribution in [3.63, 3.8) is 0 Å². The third kappa shape index (κ3) is 2.20. The topological polar surface area (TPSA) is 61.6 Å². The molecule has 1 N–H and O–H groups in total. The Labute approximate surface area is 135 Å². The summed E-state index contributed by atoms with van der Waals surface area (Å²) in [7, 11) is 3.84. The predicted molar refractivity (Wildman–Crippen MR) is 88.8 cm³/mol. The fourth-order valence-corrected chi connectivity index (χ4v) is 3.78. The van der Waals surface area contributed by atoms with Crippen LogP contribution in [0.1, 0.15) is 28.9 Å². The maximum absolute atomic E-state index is 12.5. The molecule has 0 aromatic carbocycles. The number of piperidine rings is 1. The van der Waals surface area contributed by atoms with E-state index in [0.717, 1.165) is 60.5 Å². The van der Waals surface area contributed by atoms with Crippen LogP contribution in [0.2, 0.25) is 0 Å². The summed E-state index contributed by atoms with van der Waals surface area (Å²) < 4.78 is 2.06. The number of amides is 1. The number of aromatic nitrogens is 2. The summed E-state index contributed by atoms with van der Waals surface area (Å²) in [5, 5.41) is 10.8. The van der Waals surface area contributed by atoms with E-state index in [4.69, 9.17) is 4.98 Å². The van der Waals surface area contributed by atoms with Crippen LogP contribution in [0.3, 0.4) is 0 Å². The lowest BCUT2D eigenvalue weighted by Crippen LogP contribution is -2.38. The Kier molecular flexibility index (Phi) is 3.30. The highest BCUT2D eigenvalue weighted by Gasteiger charge is 2.29. The van der Waals surface area contributed by atoms with Crippen molar-refractivity contribution in [2.24, 2.45) is 7.05 Å². The third-order valence-corrected chi connectivity index (χ3v) is 5.11. The van der Waals surface area contributed by atoms with Crippen molar-refractivity contribution in [3.8, 4) is 0 Å². The van der Waals surface area contributed by atoms with Gasteiger partial charge in [0.1, 0.15) is 11.5 Å². The van der Waals surface area contributed by atoms with Gasteiger partial charge in [-0.25, -0.2) is 4.98 Å². The van der Waals surface area contributed by atoms with Crippen molar-refractivity contribution in [3.05, 3.63) is 23.4 Å². The molecule has 1 saturated heterocycles. The first-order chi connectivity index (χ1) is 11.1. The molecule has 6 heteroatoms. The van der Waals surface area contributed by atoms with Gasteiger partial charge in [-0.3, -0.25) is 4.79 Å². The van der Waals surface area contributed by atoms with Gasteiger partial charge in [0.15, 0.2) is 0 Å². The molecule has 1 atom stereocenters. The molecule has 1 unspecified atom stereocenters. The van der Waals surface area contributed by atoms with E-state index in [9.17, 15) is 9.90 Å². The largest absolute Gasteiger partial charge is 0.391 e. The van der Waals surface area contributed by atoms with E-state index < -0.39 is 0 Å². The van der Waals surface area contributed by atoms with E-state index in [1.165, 1.54) is 0 Å². The smallest absolute Gasteiger partial charge is 0.256 e. The van der Waals surface area contributed by atoms with Crippen LogP contribution in [0.5, 0.6) is 0 Å². The number of likely N-dealkylation sites (N-methyl/N-ethyl adjacent to an activating group) is 1. The van der Waals surface area contributed by atoms with Gasteiger partial charge >= 0.3 is 0 Å². The first-order valence-corrected chi connectivity index (χ1v) is 8.23. The van der Waals surface area contributed by atoms with E-state index in [2.05, 4.69) is 9.47 Å². The first-order valence-electron chi connectivity index (χ1n) is 8.23. The number of pyridine rings is 1. The van der Waals surface area contributed by atoms with E-state index in [1.54, 1.807) is 4.90 Å². The Morgan fingerprint density at radius 2 is 2.09 bits per heavy atom. The first kappa shape index (κ1) is 14.5. The molecular weight excluding hydrogens is 292 g/mol. The number of anilines is 1. The summed E-state index contributed by atoms with van der Waals surface area (Å²) in [6.07, 6.45) is 2.42. The molecule has 2 aromatic heterocycles. The Morgan fingerprint density at radius 1 is 1.26 bits per heavy atom. The number of aliphatic hydroxyl groups excluding tert-OH is 1. The second-order valence-electron chi connectivity index (χ2n) is 6.64. The molecule has 23 heavy (non-hydrogen) atoms. The maximum atomic E-state index is 12.5. The summed E-state index contributed by atoms with van der Waals surface area (Å²) in [5.41, 5.74) is 2.73. The zero-order valence-corrected chi connectivity index (χ0v) is 13.6. The molecule has 0 saturated carbocycles. The lowest BCUT2D eigenvalue weighted by Gasteiger charge is -2.31. The highest BCUT2D eigenvalue weighted by molar-refractivity contribution is 6.08. The third-order valence-electron chi connectivity index (χ3n) is 5.11. The molecule has 122 valence electrons. The van der Waals surface area contributed by atoms with Gasteiger partial charge in [-0.15, -0.1) is 0 Å². The van der Waals surface area contributed by atoms with E-state index in [-0.39, 0.29) is 12.0 Å². The maximum Gasteiger partial charge on any atom is 0.256 e. The van der Waals surface area contributed by atoms with E-state index >= 15 is 0 Å². The number of carbonyl (C=O) groups is 1. The fraction of sp³-hybridized carbons (Fsp3) is 0.529. The van der Waals surface area contributed by atoms with E-state index in [0.29, 0.717) is 6.54 Å². The van der Waals surface area contributed by atoms with Crippen LogP contribution in [0.15, 0.2) is 12.1 Å². The lowest BCUT2D eigenvalue weighted by molar-refractivity contribution is 0.0781. The Balaban J connectivity index is 1.81. The fourth-order valence-electron chi connectivity index (χ4n) is 3.78. The summed E-state index contributed by atoms with van der Waals surface area (Å²) in [5.74, 6) is 0.967. The van der Waals surface area contributed by atoms with Gasteiger partial charge in [0.05, 0.1) is 11.7 Å². The van der Waals surface area contributed by atoms with Crippen LogP contribution in [-0.2, 0) is 13.5 Å². The summed E-state index contributed by atoms with van der Waals surface area (Å²) in [4.78, 5) is 21.2. The monoisotopic (exact) mass is 314 g/mol. The van der Waals surface area contributed by atoms with Gasteiger partial charge in [0.25, 0.3) is 5.91 Å². The molecule has 1 amide bonds. The number of hydrogen-bond donors (Lipinski definition) is 1. The van der Waals surface area contributed by atoms with E-state index in [1.807, 2.05) is 26.2 Å². The standard InChI is InChI=1S/C17H22N4O2/c1-19-9-7-13-15(17(19)23)12-5-6-14(18-16(12)20(13)2)21-8-3-4-11(22)10-21/h5-6,11,22H,3-4,7-10H2,1-2H3. The van der Waals surface area contributed by atoms with Gasteiger partial charge < -0.3 is 19.5 Å². The molecule has 2 aromatic rings. The number of β-amino-alcohol motifs (C(OH)–C–C–N with tert-alkyl or cyclic N) is 1. The number of aryl methyl sites for hydroxylation is 1. The van der Waals surface area contributed by atoms with Gasteiger partial charge in [-0.05, 0) is 25.0 Å². The van der Waals surface area contributed by atoms with Gasteiger partial charge in [-0.1, -0.05) is 0 Å². The molecule has 0 radical (unpaired) electrons. The second-order valence-corrected chi connectivity index (χ2v) is 6.64. The molecule has 0 bridgehead atoms. The number of nitrogens with zero attached hydrogens (tertiary/aromatic N) is 4.